The van der Waals surface area contributed by atoms with Crippen LogP contribution in [0.3, 0.4) is 0 Å². The zero-order valence-corrected chi connectivity index (χ0v) is 23.1. The Bertz CT molecular complexity index is 1150. The third-order valence-corrected chi connectivity index (χ3v) is 7.86. The van der Waals surface area contributed by atoms with Gasteiger partial charge in [-0.15, -0.1) is 0 Å². The Morgan fingerprint density at radius 2 is 1.69 bits per heavy atom. The number of aryl methyl sites for hydroxylation is 2. The summed E-state index contributed by atoms with van der Waals surface area (Å²) in [5.41, 5.74) is 3.15. The Morgan fingerprint density at radius 3 is 2.20 bits per heavy atom. The molecule has 2 rings (SSSR count). The molecule has 0 radical (unpaired) electrons. The maximum atomic E-state index is 13.3. The predicted octanol–water partition coefficient (Wildman–Crippen LogP) is 4.71. The van der Waals surface area contributed by atoms with E-state index in [0.717, 1.165) is 17.4 Å². The van der Waals surface area contributed by atoms with Crippen molar-refractivity contribution in [1.82, 2.24) is 10.2 Å². The highest BCUT2D eigenvalue weighted by Gasteiger charge is 2.29. The van der Waals surface area contributed by atoms with Gasteiger partial charge in [-0.25, -0.2) is 8.42 Å². The lowest BCUT2D eigenvalue weighted by atomic mass is 10.1. The van der Waals surface area contributed by atoms with Crippen molar-refractivity contribution >= 4 is 50.7 Å². The SMILES string of the molecule is CC[C@H](C(=O)NC)N(Cc1c(Cl)cccc1Cl)C(=O)CCCN(c1ccc(C)c(C)c1)S(C)(=O)=O. The molecule has 2 amide bonds. The summed E-state index contributed by atoms with van der Waals surface area (Å²) in [5.74, 6) is -0.582. The lowest BCUT2D eigenvalue weighted by Crippen LogP contribution is -2.48. The van der Waals surface area contributed by atoms with E-state index in [1.807, 2.05) is 32.9 Å². The van der Waals surface area contributed by atoms with Crippen molar-refractivity contribution in [3.8, 4) is 0 Å². The average Bonchev–Trinajstić information content (AvgIpc) is 2.79. The highest BCUT2D eigenvalue weighted by atomic mass is 35.5. The van der Waals surface area contributed by atoms with Crippen LogP contribution in [0, 0.1) is 13.8 Å². The summed E-state index contributed by atoms with van der Waals surface area (Å²) in [4.78, 5) is 27.4. The molecule has 0 saturated carbocycles. The molecule has 35 heavy (non-hydrogen) atoms. The van der Waals surface area contributed by atoms with Gasteiger partial charge in [-0.3, -0.25) is 13.9 Å². The van der Waals surface area contributed by atoms with Crippen molar-refractivity contribution in [2.45, 2.75) is 52.6 Å². The zero-order valence-electron chi connectivity index (χ0n) is 20.8. The summed E-state index contributed by atoms with van der Waals surface area (Å²) in [6, 6.07) is 9.81. The molecule has 0 aliphatic rings. The largest absolute Gasteiger partial charge is 0.357 e. The molecule has 0 spiro atoms. The van der Waals surface area contributed by atoms with Crippen molar-refractivity contribution in [2.75, 3.05) is 24.2 Å². The lowest BCUT2D eigenvalue weighted by Gasteiger charge is -2.31. The molecule has 7 nitrogen and oxygen atoms in total. The van der Waals surface area contributed by atoms with Crippen LogP contribution in [0.25, 0.3) is 0 Å². The summed E-state index contributed by atoms with van der Waals surface area (Å²) in [7, 11) is -2.04. The second kappa shape index (κ2) is 12.6. The Balaban J connectivity index is 2.26. The number of carbonyl (C=O) groups is 2. The number of halogens is 2. The first-order valence-corrected chi connectivity index (χ1v) is 14.0. The number of nitrogens with zero attached hydrogens (tertiary/aromatic N) is 2. The summed E-state index contributed by atoms with van der Waals surface area (Å²) in [5, 5.41) is 3.41. The summed E-state index contributed by atoms with van der Waals surface area (Å²) >= 11 is 12.7. The van der Waals surface area contributed by atoms with E-state index in [1.54, 1.807) is 24.3 Å². The van der Waals surface area contributed by atoms with Crippen LogP contribution in [0.5, 0.6) is 0 Å². The minimum Gasteiger partial charge on any atom is -0.357 e. The summed E-state index contributed by atoms with van der Waals surface area (Å²) < 4.78 is 26.3. The van der Waals surface area contributed by atoms with E-state index in [0.29, 0.717) is 27.7 Å². The molecule has 0 unspecified atom stereocenters. The van der Waals surface area contributed by atoms with Crippen molar-refractivity contribution in [2.24, 2.45) is 0 Å². The fourth-order valence-corrected chi connectivity index (χ4v) is 5.30. The number of rotatable bonds is 11. The highest BCUT2D eigenvalue weighted by Crippen LogP contribution is 2.28. The van der Waals surface area contributed by atoms with Crippen molar-refractivity contribution < 1.29 is 18.0 Å². The molecule has 0 aromatic heterocycles. The summed E-state index contributed by atoms with van der Waals surface area (Å²) in [6.45, 7) is 5.89. The molecule has 2 aromatic carbocycles. The van der Waals surface area contributed by atoms with Crippen LogP contribution in [-0.2, 0) is 26.2 Å². The number of carbonyl (C=O) groups excluding carboxylic acids is 2. The van der Waals surface area contributed by atoms with E-state index in [4.69, 9.17) is 23.2 Å². The van der Waals surface area contributed by atoms with Crippen LogP contribution in [0.1, 0.15) is 42.9 Å². The molecule has 0 aliphatic heterocycles. The number of hydrogen-bond acceptors (Lipinski definition) is 4. The van der Waals surface area contributed by atoms with Crippen molar-refractivity contribution in [3.05, 3.63) is 63.1 Å². The van der Waals surface area contributed by atoms with Crippen LogP contribution >= 0.6 is 23.2 Å². The van der Waals surface area contributed by atoms with Gasteiger partial charge in [0.05, 0.1) is 11.9 Å². The Labute approximate surface area is 218 Å². The standard InChI is InChI=1S/C25H33Cl2N3O4S/c1-6-23(25(32)28-4)29(16-20-21(26)9-7-10-22(20)27)24(31)11-8-14-30(35(5,33)34)19-13-12-17(2)18(3)15-19/h7,9-10,12-13,15,23H,6,8,11,14,16H2,1-5H3,(H,28,32)/t23-/m1/s1. The number of sulfonamides is 1. The van der Waals surface area contributed by atoms with E-state index in [1.165, 1.54) is 16.3 Å². The average molecular weight is 543 g/mol. The second-order valence-electron chi connectivity index (χ2n) is 8.47. The van der Waals surface area contributed by atoms with Gasteiger partial charge < -0.3 is 10.2 Å². The van der Waals surface area contributed by atoms with Crippen LogP contribution in [-0.4, -0.2) is 51.0 Å². The van der Waals surface area contributed by atoms with Gasteiger partial charge in [-0.1, -0.05) is 42.3 Å². The van der Waals surface area contributed by atoms with E-state index in [2.05, 4.69) is 5.32 Å². The van der Waals surface area contributed by atoms with Gasteiger partial charge in [0.2, 0.25) is 21.8 Å². The van der Waals surface area contributed by atoms with Crippen molar-refractivity contribution in [1.29, 1.82) is 0 Å². The fourth-order valence-electron chi connectivity index (χ4n) is 3.82. The Morgan fingerprint density at radius 1 is 1.06 bits per heavy atom. The molecule has 2 aromatic rings. The fraction of sp³-hybridized carbons (Fsp3) is 0.440. The number of anilines is 1. The van der Waals surface area contributed by atoms with E-state index in [-0.39, 0.29) is 37.7 Å². The van der Waals surface area contributed by atoms with E-state index >= 15 is 0 Å². The number of hydrogen-bond donors (Lipinski definition) is 1. The third kappa shape index (κ3) is 7.59. The summed E-state index contributed by atoms with van der Waals surface area (Å²) in [6.07, 6.45) is 1.86. The van der Waals surface area contributed by atoms with E-state index < -0.39 is 16.1 Å². The minimum absolute atomic E-state index is 0.0480. The first-order chi connectivity index (χ1) is 16.4. The number of nitrogens with one attached hydrogen (secondary N) is 1. The quantitative estimate of drug-likeness (QED) is 0.446. The van der Waals surface area contributed by atoms with Gasteiger partial charge in [0.25, 0.3) is 0 Å². The molecule has 0 aliphatic carbocycles. The van der Waals surface area contributed by atoms with Crippen molar-refractivity contribution in [3.63, 3.8) is 0 Å². The molecular weight excluding hydrogens is 509 g/mol. The van der Waals surface area contributed by atoms with Crippen LogP contribution < -0.4 is 9.62 Å². The normalized spacial score (nSPS) is 12.2. The van der Waals surface area contributed by atoms with Gasteiger partial charge in [0.1, 0.15) is 6.04 Å². The molecule has 0 bridgehead atoms. The van der Waals surface area contributed by atoms with Gasteiger partial charge in [0, 0.05) is 42.2 Å². The topological polar surface area (TPSA) is 86.8 Å². The van der Waals surface area contributed by atoms with Gasteiger partial charge in [-0.2, -0.15) is 0 Å². The number of benzene rings is 2. The van der Waals surface area contributed by atoms with Crippen LogP contribution in [0.2, 0.25) is 10.0 Å². The van der Waals surface area contributed by atoms with Gasteiger partial charge in [-0.05, 0) is 62.1 Å². The van der Waals surface area contributed by atoms with E-state index in [9.17, 15) is 18.0 Å². The third-order valence-electron chi connectivity index (χ3n) is 5.95. The van der Waals surface area contributed by atoms with Crippen LogP contribution in [0.4, 0.5) is 5.69 Å². The molecule has 0 heterocycles. The second-order valence-corrected chi connectivity index (χ2v) is 11.2. The molecule has 0 fully saturated rings. The van der Waals surface area contributed by atoms with Crippen LogP contribution in [0.15, 0.2) is 36.4 Å². The number of likely N-dealkylation sites (N-methyl/N-ethyl adjacent to an activating group) is 1. The number of amides is 2. The first-order valence-electron chi connectivity index (χ1n) is 11.4. The maximum absolute atomic E-state index is 13.3. The zero-order chi connectivity index (χ0) is 26.3. The predicted molar refractivity (Wildman–Crippen MR) is 142 cm³/mol. The monoisotopic (exact) mass is 541 g/mol. The molecule has 10 heteroatoms. The Hall–Kier alpha value is -2.29. The molecule has 0 saturated heterocycles. The molecule has 1 atom stereocenters. The molecule has 192 valence electrons. The molecule has 1 N–H and O–H groups in total. The highest BCUT2D eigenvalue weighted by molar-refractivity contribution is 7.92. The van der Waals surface area contributed by atoms with Gasteiger partial charge >= 0.3 is 0 Å². The maximum Gasteiger partial charge on any atom is 0.242 e. The lowest BCUT2D eigenvalue weighted by molar-refractivity contribution is -0.141. The minimum atomic E-state index is -3.55. The first kappa shape index (κ1) is 28.9. The smallest absolute Gasteiger partial charge is 0.242 e. The van der Waals surface area contributed by atoms with Gasteiger partial charge in [0.15, 0.2) is 0 Å². The Kier molecular flexibility index (Phi) is 10.4. The molecular formula is C25H33Cl2N3O4S.